The molecule has 2 aliphatic heterocycles. The Hall–Kier alpha value is -2.14. The maximum absolute atomic E-state index is 13.5. The fourth-order valence-corrected chi connectivity index (χ4v) is 7.67. The molecule has 2 saturated heterocycles. The predicted octanol–water partition coefficient (Wildman–Crippen LogP) is 3.23. The molecule has 0 amide bonds. The number of ether oxygens (including phenoxy) is 3. The number of hydrogen-bond donors (Lipinski definition) is 0. The van der Waals surface area contributed by atoms with E-state index in [1.807, 2.05) is 6.92 Å². The molecule has 2 atom stereocenters. The second kappa shape index (κ2) is 10.0. The highest BCUT2D eigenvalue weighted by atomic mass is 32.2. The normalized spacial score (nSPS) is 22.5. The predicted molar refractivity (Wildman–Crippen MR) is 124 cm³/mol. The van der Waals surface area contributed by atoms with Gasteiger partial charge in [0, 0.05) is 19.2 Å². The molecule has 0 saturated carbocycles. The number of sulfone groups is 1. The SMILES string of the molecule is CCOc1ccc(Oc2ccc(S(=O)(=O)N(C[C@@H]3CCCO3)[C@@H]3CCS(=O)(=O)C3)cc2)cc1. The van der Waals surface area contributed by atoms with Crippen LogP contribution in [0.3, 0.4) is 0 Å². The molecule has 8 nitrogen and oxygen atoms in total. The molecule has 10 heteroatoms. The van der Waals surface area contributed by atoms with Crippen LogP contribution in [0.2, 0.25) is 0 Å². The molecule has 2 aromatic carbocycles. The molecule has 2 fully saturated rings. The Kier molecular flexibility index (Phi) is 7.28. The summed E-state index contributed by atoms with van der Waals surface area (Å²) >= 11 is 0. The third-order valence-corrected chi connectivity index (χ3v) is 9.51. The second-order valence-corrected chi connectivity index (χ2v) is 12.4. The lowest BCUT2D eigenvalue weighted by Crippen LogP contribution is -2.45. The van der Waals surface area contributed by atoms with Gasteiger partial charge in [0.25, 0.3) is 0 Å². The zero-order chi connectivity index (χ0) is 23.5. The van der Waals surface area contributed by atoms with Crippen LogP contribution in [0.25, 0.3) is 0 Å². The van der Waals surface area contributed by atoms with Crippen molar-refractivity contribution in [3.05, 3.63) is 48.5 Å². The lowest BCUT2D eigenvalue weighted by molar-refractivity contribution is 0.0877. The zero-order valence-corrected chi connectivity index (χ0v) is 20.2. The molecule has 0 aromatic heterocycles. The molecular weight excluding hydrogens is 466 g/mol. The van der Waals surface area contributed by atoms with E-state index in [9.17, 15) is 16.8 Å². The topological polar surface area (TPSA) is 99.2 Å². The van der Waals surface area contributed by atoms with Crippen molar-refractivity contribution in [2.75, 3.05) is 31.3 Å². The summed E-state index contributed by atoms with van der Waals surface area (Å²) in [6.07, 6.45) is 1.72. The fraction of sp³-hybridized carbons (Fsp3) is 0.478. The van der Waals surface area contributed by atoms with Crippen molar-refractivity contribution in [3.63, 3.8) is 0 Å². The van der Waals surface area contributed by atoms with Crippen molar-refractivity contribution < 1.29 is 31.0 Å². The van der Waals surface area contributed by atoms with Crippen LogP contribution in [0.4, 0.5) is 0 Å². The van der Waals surface area contributed by atoms with Gasteiger partial charge in [-0.3, -0.25) is 0 Å². The van der Waals surface area contributed by atoms with Gasteiger partial charge in [0.15, 0.2) is 9.84 Å². The van der Waals surface area contributed by atoms with E-state index < -0.39 is 25.9 Å². The molecule has 2 aromatic rings. The van der Waals surface area contributed by atoms with E-state index in [0.717, 1.165) is 18.6 Å². The summed E-state index contributed by atoms with van der Waals surface area (Å²) < 4.78 is 69.3. The highest BCUT2D eigenvalue weighted by Crippen LogP contribution is 2.30. The van der Waals surface area contributed by atoms with Gasteiger partial charge in [0.1, 0.15) is 17.2 Å². The lowest BCUT2D eigenvalue weighted by Gasteiger charge is -2.29. The number of hydrogen-bond acceptors (Lipinski definition) is 7. The van der Waals surface area contributed by atoms with Crippen LogP contribution >= 0.6 is 0 Å². The Labute approximate surface area is 195 Å². The molecule has 0 aliphatic carbocycles. The summed E-state index contributed by atoms with van der Waals surface area (Å²) in [6.45, 7) is 3.24. The highest BCUT2D eigenvalue weighted by molar-refractivity contribution is 7.92. The Morgan fingerprint density at radius 3 is 2.18 bits per heavy atom. The first kappa shape index (κ1) is 24.0. The quantitative estimate of drug-likeness (QED) is 0.527. The van der Waals surface area contributed by atoms with Gasteiger partial charge in [-0.05, 0) is 74.7 Å². The van der Waals surface area contributed by atoms with Gasteiger partial charge >= 0.3 is 0 Å². The van der Waals surface area contributed by atoms with E-state index in [-0.39, 0.29) is 29.0 Å². The second-order valence-electron chi connectivity index (χ2n) is 8.24. The summed E-state index contributed by atoms with van der Waals surface area (Å²) in [5.74, 6) is 1.69. The van der Waals surface area contributed by atoms with Crippen molar-refractivity contribution in [1.29, 1.82) is 0 Å². The Morgan fingerprint density at radius 1 is 1.00 bits per heavy atom. The van der Waals surface area contributed by atoms with Gasteiger partial charge in [-0.1, -0.05) is 0 Å². The van der Waals surface area contributed by atoms with Crippen LogP contribution in [0.5, 0.6) is 17.2 Å². The molecule has 0 spiro atoms. The minimum absolute atomic E-state index is 0.00404. The van der Waals surface area contributed by atoms with E-state index in [0.29, 0.717) is 31.1 Å². The van der Waals surface area contributed by atoms with Crippen molar-refractivity contribution in [1.82, 2.24) is 4.31 Å². The molecule has 2 heterocycles. The van der Waals surface area contributed by atoms with Crippen LogP contribution in [-0.4, -0.2) is 64.6 Å². The minimum Gasteiger partial charge on any atom is -0.494 e. The van der Waals surface area contributed by atoms with Gasteiger partial charge in [-0.15, -0.1) is 0 Å². The van der Waals surface area contributed by atoms with Gasteiger partial charge in [0.2, 0.25) is 10.0 Å². The number of sulfonamides is 1. The summed E-state index contributed by atoms with van der Waals surface area (Å²) in [5, 5.41) is 0. The lowest BCUT2D eigenvalue weighted by atomic mass is 10.2. The van der Waals surface area contributed by atoms with Crippen molar-refractivity contribution >= 4 is 19.9 Å². The van der Waals surface area contributed by atoms with Gasteiger partial charge < -0.3 is 14.2 Å². The van der Waals surface area contributed by atoms with Crippen molar-refractivity contribution in [2.45, 2.75) is 43.2 Å². The van der Waals surface area contributed by atoms with Gasteiger partial charge in [0.05, 0.1) is 29.1 Å². The van der Waals surface area contributed by atoms with Crippen molar-refractivity contribution in [3.8, 4) is 17.2 Å². The van der Waals surface area contributed by atoms with Crippen LogP contribution < -0.4 is 9.47 Å². The number of benzene rings is 2. The third kappa shape index (κ3) is 5.87. The van der Waals surface area contributed by atoms with E-state index in [1.165, 1.54) is 16.4 Å². The number of nitrogens with zero attached hydrogens (tertiary/aromatic N) is 1. The Bertz CT molecular complexity index is 1140. The molecule has 0 bridgehead atoms. The molecule has 0 N–H and O–H groups in total. The first-order chi connectivity index (χ1) is 15.8. The maximum Gasteiger partial charge on any atom is 0.243 e. The first-order valence-corrected chi connectivity index (χ1v) is 14.4. The van der Waals surface area contributed by atoms with Crippen LogP contribution in [0.1, 0.15) is 26.2 Å². The summed E-state index contributed by atoms with van der Waals surface area (Å²) in [6, 6.07) is 12.8. The molecule has 180 valence electrons. The van der Waals surface area contributed by atoms with E-state index in [4.69, 9.17) is 14.2 Å². The van der Waals surface area contributed by atoms with E-state index >= 15 is 0 Å². The smallest absolute Gasteiger partial charge is 0.243 e. The fourth-order valence-electron chi connectivity index (χ4n) is 4.16. The Balaban J connectivity index is 1.52. The van der Waals surface area contributed by atoms with E-state index in [1.54, 1.807) is 36.4 Å². The highest BCUT2D eigenvalue weighted by Gasteiger charge is 2.40. The first-order valence-electron chi connectivity index (χ1n) is 11.1. The molecule has 33 heavy (non-hydrogen) atoms. The average Bonchev–Trinajstić information content (AvgIpc) is 3.43. The van der Waals surface area contributed by atoms with E-state index in [2.05, 4.69) is 0 Å². The van der Waals surface area contributed by atoms with Crippen LogP contribution in [0, 0.1) is 0 Å². The largest absolute Gasteiger partial charge is 0.494 e. The summed E-state index contributed by atoms with van der Waals surface area (Å²) in [7, 11) is -7.15. The van der Waals surface area contributed by atoms with Gasteiger partial charge in [-0.2, -0.15) is 4.31 Å². The third-order valence-electron chi connectivity index (χ3n) is 5.82. The van der Waals surface area contributed by atoms with Crippen LogP contribution in [-0.2, 0) is 24.6 Å². The zero-order valence-electron chi connectivity index (χ0n) is 18.6. The van der Waals surface area contributed by atoms with Crippen molar-refractivity contribution in [2.24, 2.45) is 0 Å². The van der Waals surface area contributed by atoms with Crippen LogP contribution in [0.15, 0.2) is 53.4 Å². The molecular formula is C23H29NO7S2. The molecule has 0 radical (unpaired) electrons. The summed E-state index contributed by atoms with van der Waals surface area (Å²) in [4.78, 5) is 0.101. The number of rotatable bonds is 9. The average molecular weight is 496 g/mol. The molecule has 4 rings (SSSR count). The summed E-state index contributed by atoms with van der Waals surface area (Å²) in [5.41, 5.74) is 0. The molecule has 2 aliphatic rings. The maximum atomic E-state index is 13.5. The standard InChI is InChI=1S/C23H29NO7S2/c1-2-29-19-5-7-20(8-6-19)31-21-9-11-23(12-10-21)33(27,28)24(16-22-4-3-14-30-22)18-13-15-32(25,26)17-18/h5-12,18,22H,2-4,13-17H2,1H3/t18-,22+/m1/s1. The molecule has 0 unspecified atom stereocenters. The Morgan fingerprint density at radius 2 is 1.64 bits per heavy atom. The van der Waals surface area contributed by atoms with Gasteiger partial charge in [-0.25, -0.2) is 16.8 Å². The monoisotopic (exact) mass is 495 g/mol. The minimum atomic E-state index is -3.91.